The Balaban J connectivity index is 2.17. The Labute approximate surface area is 107 Å². The molecule has 1 unspecified atom stereocenters. The Hall–Kier alpha value is -2.22. The second kappa shape index (κ2) is 5.61. The highest BCUT2D eigenvalue weighted by Crippen LogP contribution is 2.28. The lowest BCUT2D eigenvalue weighted by molar-refractivity contribution is -0.0493. The van der Waals surface area contributed by atoms with Crippen molar-refractivity contribution in [3.63, 3.8) is 0 Å². The van der Waals surface area contributed by atoms with Gasteiger partial charge in [0.1, 0.15) is 5.75 Å². The molecule has 0 aliphatic carbocycles. The fraction of sp³-hybridized carbons (Fsp3) is 0.273. The van der Waals surface area contributed by atoms with Gasteiger partial charge in [0.25, 0.3) is 0 Å². The van der Waals surface area contributed by atoms with E-state index in [1.165, 1.54) is 6.07 Å². The maximum Gasteiger partial charge on any atom is 0.387 e. The molecule has 0 radical (unpaired) electrons. The SMILES string of the molecule is CC(N)c1nnc(Nc2ccccc2OC(F)F)o1. The van der Waals surface area contributed by atoms with Crippen LogP contribution in [0.5, 0.6) is 5.75 Å². The molecule has 0 aliphatic heterocycles. The van der Waals surface area contributed by atoms with Gasteiger partial charge < -0.3 is 20.2 Å². The van der Waals surface area contributed by atoms with Crippen LogP contribution < -0.4 is 15.8 Å². The highest BCUT2D eigenvalue weighted by Gasteiger charge is 2.13. The van der Waals surface area contributed by atoms with Gasteiger partial charge in [0.15, 0.2) is 0 Å². The molecule has 1 heterocycles. The minimum Gasteiger partial charge on any atom is -0.433 e. The molecular formula is C11H12F2N4O2. The first-order valence-corrected chi connectivity index (χ1v) is 5.46. The van der Waals surface area contributed by atoms with E-state index in [0.717, 1.165) is 0 Å². The summed E-state index contributed by atoms with van der Waals surface area (Å²) >= 11 is 0. The number of ether oxygens (including phenoxy) is 1. The molecule has 3 N–H and O–H groups in total. The standard InChI is InChI=1S/C11H12F2N4O2/c1-6(14)9-16-17-11(19-9)15-7-4-2-3-5-8(7)18-10(12)13/h2-6,10H,14H2,1H3,(H,15,17). The number of nitrogens with two attached hydrogens (primary N) is 1. The molecular weight excluding hydrogens is 258 g/mol. The van der Waals surface area contributed by atoms with Crippen molar-refractivity contribution in [2.45, 2.75) is 19.6 Å². The predicted octanol–water partition coefficient (Wildman–Crippen LogP) is 2.43. The molecule has 8 heteroatoms. The third-order valence-electron chi connectivity index (χ3n) is 2.17. The fourth-order valence-corrected chi connectivity index (χ4v) is 1.35. The van der Waals surface area contributed by atoms with Gasteiger partial charge in [-0.05, 0) is 19.1 Å². The van der Waals surface area contributed by atoms with Gasteiger partial charge in [0, 0.05) is 0 Å². The number of anilines is 2. The molecule has 1 aromatic heterocycles. The van der Waals surface area contributed by atoms with Crippen LogP contribution in [-0.4, -0.2) is 16.8 Å². The molecule has 0 saturated carbocycles. The average molecular weight is 270 g/mol. The number of alkyl halides is 2. The van der Waals surface area contributed by atoms with Gasteiger partial charge in [0.2, 0.25) is 5.89 Å². The van der Waals surface area contributed by atoms with Crippen molar-refractivity contribution in [1.29, 1.82) is 0 Å². The van der Waals surface area contributed by atoms with E-state index in [4.69, 9.17) is 10.2 Å². The summed E-state index contributed by atoms with van der Waals surface area (Å²) in [6, 6.07) is 5.83. The number of aromatic nitrogens is 2. The van der Waals surface area contributed by atoms with Gasteiger partial charge in [-0.2, -0.15) is 8.78 Å². The second-order valence-corrected chi connectivity index (χ2v) is 3.73. The lowest BCUT2D eigenvalue weighted by atomic mass is 10.3. The molecule has 2 rings (SSSR count). The molecule has 2 aromatic rings. The van der Waals surface area contributed by atoms with Crippen LogP contribution in [0.3, 0.4) is 0 Å². The van der Waals surface area contributed by atoms with Crippen LogP contribution in [0.25, 0.3) is 0 Å². The van der Waals surface area contributed by atoms with Crippen molar-refractivity contribution in [3.05, 3.63) is 30.2 Å². The van der Waals surface area contributed by atoms with Crippen molar-refractivity contribution in [3.8, 4) is 5.75 Å². The van der Waals surface area contributed by atoms with Crippen molar-refractivity contribution in [2.75, 3.05) is 5.32 Å². The second-order valence-electron chi connectivity index (χ2n) is 3.73. The highest BCUT2D eigenvalue weighted by atomic mass is 19.3. The van der Waals surface area contributed by atoms with Crippen LogP contribution in [0.2, 0.25) is 0 Å². The average Bonchev–Trinajstić information content (AvgIpc) is 2.80. The number of hydrogen-bond acceptors (Lipinski definition) is 6. The minimum absolute atomic E-state index is 0.0157. The normalized spacial score (nSPS) is 12.5. The van der Waals surface area contributed by atoms with E-state index in [-0.39, 0.29) is 17.7 Å². The third-order valence-corrected chi connectivity index (χ3v) is 2.17. The number of nitrogens with one attached hydrogen (secondary N) is 1. The van der Waals surface area contributed by atoms with Crippen LogP contribution in [0, 0.1) is 0 Å². The van der Waals surface area contributed by atoms with E-state index in [1.807, 2.05) is 0 Å². The quantitative estimate of drug-likeness (QED) is 0.867. The molecule has 0 saturated heterocycles. The van der Waals surface area contributed by atoms with Crippen molar-refractivity contribution in [2.24, 2.45) is 5.73 Å². The van der Waals surface area contributed by atoms with Crippen molar-refractivity contribution in [1.82, 2.24) is 10.2 Å². The molecule has 6 nitrogen and oxygen atoms in total. The fourth-order valence-electron chi connectivity index (χ4n) is 1.35. The molecule has 0 bridgehead atoms. The Morgan fingerprint density at radius 3 is 2.68 bits per heavy atom. The molecule has 0 amide bonds. The first kappa shape index (κ1) is 13.2. The Kier molecular flexibility index (Phi) is 3.91. The lowest BCUT2D eigenvalue weighted by Crippen LogP contribution is -2.05. The van der Waals surface area contributed by atoms with Crippen molar-refractivity contribution >= 4 is 11.7 Å². The van der Waals surface area contributed by atoms with Gasteiger partial charge in [0.05, 0.1) is 11.7 Å². The first-order chi connectivity index (χ1) is 9.06. The summed E-state index contributed by atoms with van der Waals surface area (Å²) in [5, 5.41) is 10.1. The summed E-state index contributed by atoms with van der Waals surface area (Å²) in [5.74, 6) is 0.229. The number of hydrogen-bond donors (Lipinski definition) is 2. The van der Waals surface area contributed by atoms with Crippen LogP contribution >= 0.6 is 0 Å². The van der Waals surface area contributed by atoms with Gasteiger partial charge in [-0.3, -0.25) is 0 Å². The van der Waals surface area contributed by atoms with Gasteiger partial charge >= 0.3 is 12.6 Å². The van der Waals surface area contributed by atoms with Crippen LogP contribution in [0.4, 0.5) is 20.5 Å². The summed E-state index contributed by atoms with van der Waals surface area (Å²) in [6.45, 7) is -1.23. The molecule has 19 heavy (non-hydrogen) atoms. The summed E-state index contributed by atoms with van der Waals surface area (Å²) in [4.78, 5) is 0. The number of para-hydroxylation sites is 2. The van der Waals surface area contributed by atoms with Gasteiger partial charge in [-0.25, -0.2) is 0 Å². The van der Waals surface area contributed by atoms with E-state index < -0.39 is 12.7 Å². The molecule has 102 valence electrons. The van der Waals surface area contributed by atoms with Crippen LogP contribution in [-0.2, 0) is 0 Å². The molecule has 0 spiro atoms. The van der Waals surface area contributed by atoms with Gasteiger partial charge in [-0.1, -0.05) is 17.2 Å². The summed E-state index contributed by atoms with van der Waals surface area (Å²) in [7, 11) is 0. The van der Waals surface area contributed by atoms with Gasteiger partial charge in [-0.15, -0.1) is 5.10 Å². The zero-order chi connectivity index (χ0) is 13.8. The van der Waals surface area contributed by atoms with E-state index >= 15 is 0 Å². The van der Waals surface area contributed by atoms with Crippen LogP contribution in [0.15, 0.2) is 28.7 Å². The molecule has 0 aliphatic rings. The summed E-state index contributed by atoms with van der Waals surface area (Å²) in [5.41, 5.74) is 5.86. The number of benzene rings is 1. The smallest absolute Gasteiger partial charge is 0.387 e. The number of rotatable bonds is 5. The Bertz CT molecular complexity index is 545. The zero-order valence-electron chi connectivity index (χ0n) is 10.0. The van der Waals surface area contributed by atoms with E-state index in [9.17, 15) is 8.78 Å². The number of nitrogens with zero attached hydrogens (tertiary/aromatic N) is 2. The third kappa shape index (κ3) is 3.38. The summed E-state index contributed by atoms with van der Waals surface area (Å²) < 4.78 is 34.0. The van der Waals surface area contributed by atoms with Crippen LogP contribution in [0.1, 0.15) is 18.9 Å². The van der Waals surface area contributed by atoms with Crippen molar-refractivity contribution < 1.29 is 17.9 Å². The minimum atomic E-state index is -2.91. The highest BCUT2D eigenvalue weighted by molar-refractivity contribution is 5.61. The largest absolute Gasteiger partial charge is 0.433 e. The van der Waals surface area contributed by atoms with E-state index in [2.05, 4.69) is 20.3 Å². The maximum absolute atomic E-state index is 12.2. The molecule has 1 atom stereocenters. The zero-order valence-corrected chi connectivity index (χ0v) is 10.0. The topological polar surface area (TPSA) is 86.2 Å². The Morgan fingerprint density at radius 1 is 1.32 bits per heavy atom. The maximum atomic E-state index is 12.2. The van der Waals surface area contributed by atoms with E-state index in [0.29, 0.717) is 5.69 Å². The number of halogens is 2. The molecule has 0 fully saturated rings. The lowest BCUT2D eigenvalue weighted by Gasteiger charge is -2.09. The first-order valence-electron chi connectivity index (χ1n) is 5.46. The van der Waals surface area contributed by atoms with E-state index in [1.54, 1.807) is 25.1 Å². The monoisotopic (exact) mass is 270 g/mol. The molecule has 1 aromatic carbocycles. The Morgan fingerprint density at radius 2 is 2.05 bits per heavy atom. The predicted molar refractivity (Wildman–Crippen MR) is 63.3 cm³/mol. The summed E-state index contributed by atoms with van der Waals surface area (Å²) in [6.07, 6.45) is 0.